The zero-order valence-electron chi connectivity index (χ0n) is 14.1. The highest BCUT2D eigenvalue weighted by atomic mass is 16.5. The maximum Gasteiger partial charge on any atom is 0.222 e. The van der Waals surface area contributed by atoms with Crippen LogP contribution in [-0.2, 0) is 11.3 Å². The van der Waals surface area contributed by atoms with E-state index in [1.54, 1.807) is 11.8 Å². The molecule has 0 radical (unpaired) electrons. The minimum absolute atomic E-state index is 0.220. The Hall–Kier alpha value is -2.48. The van der Waals surface area contributed by atoms with E-state index in [-0.39, 0.29) is 5.91 Å². The Kier molecular flexibility index (Phi) is 5.05. The number of methoxy groups -OCH3 is 1. The quantitative estimate of drug-likeness (QED) is 0.804. The highest BCUT2D eigenvalue weighted by molar-refractivity contribution is 5.75. The lowest BCUT2D eigenvalue weighted by Gasteiger charge is -2.34. The second-order valence-electron chi connectivity index (χ2n) is 5.72. The lowest BCUT2D eigenvalue weighted by Crippen LogP contribution is -2.48. The van der Waals surface area contributed by atoms with E-state index in [1.807, 2.05) is 36.1 Å². The van der Waals surface area contributed by atoms with Crippen LogP contribution in [0, 0.1) is 0 Å². The predicted molar refractivity (Wildman–Crippen MR) is 87.9 cm³/mol. The normalized spacial score (nSPS) is 15.5. The summed E-state index contributed by atoms with van der Waals surface area (Å²) in [5.74, 6) is 1.80. The second kappa shape index (κ2) is 7.39. The standard InChI is InChI=1S/C16H22N6O2/c1-3-16(23)21-10-8-20(9-11-21)12-15-17-18-19-22(15)13-4-6-14(24-2)7-5-13/h4-7H,3,8-12H2,1-2H3. The monoisotopic (exact) mass is 330 g/mol. The summed E-state index contributed by atoms with van der Waals surface area (Å²) in [6.07, 6.45) is 0.565. The molecule has 0 bridgehead atoms. The molecular weight excluding hydrogens is 308 g/mol. The van der Waals surface area contributed by atoms with Crippen molar-refractivity contribution in [1.82, 2.24) is 30.0 Å². The number of piperazine rings is 1. The van der Waals surface area contributed by atoms with E-state index in [4.69, 9.17) is 4.74 Å². The molecule has 0 spiro atoms. The van der Waals surface area contributed by atoms with Crippen LogP contribution in [0.3, 0.4) is 0 Å². The Morgan fingerprint density at radius 3 is 2.50 bits per heavy atom. The summed E-state index contributed by atoms with van der Waals surface area (Å²) in [6, 6.07) is 7.62. The second-order valence-corrected chi connectivity index (χ2v) is 5.72. The molecule has 2 aromatic rings. The van der Waals surface area contributed by atoms with Gasteiger partial charge in [0.15, 0.2) is 5.82 Å². The molecule has 1 aromatic heterocycles. The van der Waals surface area contributed by atoms with Crippen LogP contribution in [0.1, 0.15) is 19.2 Å². The Bertz CT molecular complexity index is 676. The molecule has 24 heavy (non-hydrogen) atoms. The van der Waals surface area contributed by atoms with Gasteiger partial charge in [-0.25, -0.2) is 0 Å². The van der Waals surface area contributed by atoms with Crippen molar-refractivity contribution < 1.29 is 9.53 Å². The zero-order chi connectivity index (χ0) is 16.9. The van der Waals surface area contributed by atoms with Gasteiger partial charge in [-0.3, -0.25) is 9.69 Å². The number of carbonyl (C=O) groups excluding carboxylic acids is 1. The van der Waals surface area contributed by atoms with Crippen molar-refractivity contribution in [2.75, 3.05) is 33.3 Å². The minimum Gasteiger partial charge on any atom is -0.497 e. The number of nitrogens with zero attached hydrogens (tertiary/aromatic N) is 6. The fourth-order valence-electron chi connectivity index (χ4n) is 2.81. The summed E-state index contributed by atoms with van der Waals surface area (Å²) < 4.78 is 6.91. The van der Waals surface area contributed by atoms with Crippen molar-refractivity contribution in [1.29, 1.82) is 0 Å². The van der Waals surface area contributed by atoms with Gasteiger partial charge in [0.05, 0.1) is 19.3 Å². The van der Waals surface area contributed by atoms with Gasteiger partial charge in [-0.15, -0.1) is 5.10 Å². The third-order valence-electron chi connectivity index (χ3n) is 4.24. The van der Waals surface area contributed by atoms with Gasteiger partial charge in [0.25, 0.3) is 0 Å². The van der Waals surface area contributed by atoms with Crippen LogP contribution in [0.15, 0.2) is 24.3 Å². The third kappa shape index (κ3) is 3.53. The van der Waals surface area contributed by atoms with Gasteiger partial charge >= 0.3 is 0 Å². The molecule has 0 atom stereocenters. The number of tetrazole rings is 1. The molecule has 0 unspecified atom stereocenters. The van der Waals surface area contributed by atoms with Crippen molar-refractivity contribution in [2.45, 2.75) is 19.9 Å². The summed E-state index contributed by atoms with van der Waals surface area (Å²) in [4.78, 5) is 15.9. The molecule has 1 fully saturated rings. The topological polar surface area (TPSA) is 76.4 Å². The summed E-state index contributed by atoms with van der Waals surface area (Å²) in [5.41, 5.74) is 0.899. The lowest BCUT2D eigenvalue weighted by atomic mass is 10.2. The Morgan fingerprint density at radius 2 is 1.88 bits per heavy atom. The Morgan fingerprint density at radius 1 is 1.17 bits per heavy atom. The number of rotatable bonds is 5. The van der Waals surface area contributed by atoms with Gasteiger partial charge in [-0.1, -0.05) is 6.92 Å². The molecule has 0 N–H and O–H groups in total. The molecule has 1 aromatic carbocycles. The Balaban J connectivity index is 1.65. The molecule has 1 saturated heterocycles. The summed E-state index contributed by atoms with van der Waals surface area (Å²) >= 11 is 0. The average Bonchev–Trinajstić information content (AvgIpc) is 3.10. The van der Waals surface area contributed by atoms with E-state index in [1.165, 1.54) is 0 Å². The van der Waals surface area contributed by atoms with Crippen LogP contribution in [0.2, 0.25) is 0 Å². The molecule has 1 aliphatic heterocycles. The molecule has 2 heterocycles. The molecule has 0 aliphatic carbocycles. The maximum absolute atomic E-state index is 11.7. The van der Waals surface area contributed by atoms with E-state index in [0.717, 1.165) is 43.4 Å². The first-order valence-corrected chi connectivity index (χ1v) is 8.13. The first kappa shape index (κ1) is 16.4. The van der Waals surface area contributed by atoms with Crippen LogP contribution in [0.25, 0.3) is 5.69 Å². The lowest BCUT2D eigenvalue weighted by molar-refractivity contribution is -0.132. The number of amides is 1. The summed E-state index contributed by atoms with van der Waals surface area (Å²) in [6.45, 7) is 5.75. The predicted octanol–water partition coefficient (Wildman–Crippen LogP) is 0.725. The van der Waals surface area contributed by atoms with E-state index >= 15 is 0 Å². The molecule has 1 amide bonds. The van der Waals surface area contributed by atoms with Crippen molar-refractivity contribution in [3.8, 4) is 11.4 Å². The van der Waals surface area contributed by atoms with Crippen molar-refractivity contribution >= 4 is 5.91 Å². The first-order valence-electron chi connectivity index (χ1n) is 8.13. The fourth-order valence-corrected chi connectivity index (χ4v) is 2.81. The number of benzene rings is 1. The first-order chi connectivity index (χ1) is 11.7. The molecule has 1 aliphatic rings. The van der Waals surface area contributed by atoms with Crippen LogP contribution >= 0.6 is 0 Å². The van der Waals surface area contributed by atoms with Gasteiger partial charge < -0.3 is 9.64 Å². The molecule has 3 rings (SSSR count). The van der Waals surface area contributed by atoms with Crippen LogP contribution in [0.4, 0.5) is 0 Å². The number of aromatic nitrogens is 4. The van der Waals surface area contributed by atoms with Gasteiger partial charge in [-0.05, 0) is 34.7 Å². The zero-order valence-corrected chi connectivity index (χ0v) is 14.1. The van der Waals surface area contributed by atoms with Crippen molar-refractivity contribution in [3.63, 3.8) is 0 Å². The number of ether oxygens (including phenoxy) is 1. The van der Waals surface area contributed by atoms with Gasteiger partial charge in [-0.2, -0.15) is 4.68 Å². The molecule has 0 saturated carbocycles. The van der Waals surface area contributed by atoms with Crippen molar-refractivity contribution in [3.05, 3.63) is 30.1 Å². The van der Waals surface area contributed by atoms with E-state index in [0.29, 0.717) is 13.0 Å². The highest BCUT2D eigenvalue weighted by Crippen LogP contribution is 2.16. The largest absolute Gasteiger partial charge is 0.497 e. The minimum atomic E-state index is 0.220. The number of hydrogen-bond donors (Lipinski definition) is 0. The SMILES string of the molecule is CCC(=O)N1CCN(Cc2nnnn2-c2ccc(OC)cc2)CC1. The maximum atomic E-state index is 11.7. The van der Waals surface area contributed by atoms with E-state index < -0.39 is 0 Å². The Labute approximate surface area is 141 Å². The molecule has 8 nitrogen and oxygen atoms in total. The summed E-state index contributed by atoms with van der Waals surface area (Å²) in [5, 5.41) is 12.0. The van der Waals surface area contributed by atoms with Crippen LogP contribution < -0.4 is 4.74 Å². The van der Waals surface area contributed by atoms with Gasteiger partial charge in [0.1, 0.15) is 5.75 Å². The van der Waals surface area contributed by atoms with E-state index in [9.17, 15) is 4.79 Å². The molecule has 8 heteroatoms. The third-order valence-corrected chi connectivity index (χ3v) is 4.24. The average molecular weight is 330 g/mol. The van der Waals surface area contributed by atoms with Gasteiger partial charge in [0, 0.05) is 32.6 Å². The molecule has 128 valence electrons. The highest BCUT2D eigenvalue weighted by Gasteiger charge is 2.21. The molecular formula is C16H22N6O2. The van der Waals surface area contributed by atoms with E-state index in [2.05, 4.69) is 20.4 Å². The van der Waals surface area contributed by atoms with Crippen molar-refractivity contribution in [2.24, 2.45) is 0 Å². The number of carbonyl (C=O) groups is 1. The van der Waals surface area contributed by atoms with Crippen LogP contribution in [-0.4, -0.2) is 69.2 Å². The van der Waals surface area contributed by atoms with Gasteiger partial charge in [0.2, 0.25) is 5.91 Å². The smallest absolute Gasteiger partial charge is 0.222 e. The number of hydrogen-bond acceptors (Lipinski definition) is 6. The fraction of sp³-hybridized carbons (Fsp3) is 0.500. The van der Waals surface area contributed by atoms with Crippen LogP contribution in [0.5, 0.6) is 5.75 Å². The summed E-state index contributed by atoms with van der Waals surface area (Å²) in [7, 11) is 1.64.